The molecule has 1 unspecified atom stereocenters. The lowest BCUT2D eigenvalue weighted by Gasteiger charge is -2.19. The van der Waals surface area contributed by atoms with Gasteiger partial charge in [0, 0.05) is 32.5 Å². The highest BCUT2D eigenvalue weighted by molar-refractivity contribution is 7.86. The maximum atomic E-state index is 16.5. The van der Waals surface area contributed by atoms with Crippen LogP contribution in [0.25, 0.3) is 83.0 Å². The molecule has 0 aliphatic carbocycles. The van der Waals surface area contributed by atoms with Crippen LogP contribution in [0.2, 0.25) is 0 Å². The molecule has 1 atom stereocenters. The topological polar surface area (TPSA) is 34.9 Å². The van der Waals surface area contributed by atoms with Gasteiger partial charge < -0.3 is 4.57 Å². The standard InChI is InChI=1S/C51H33N2OP/c54-55(40-19-8-3-9-20-40)47-31-28-37-16-10-11-21-41(37)49(47)44-30-29-43-42-22-12-13-23-46(42)53(50(43)51(44)55)48-33-39(32-45(52-48)38-17-6-2-7-18-38)36-26-24-35(25-27-36)34-14-4-1-5-15-34/h1-33H. The zero-order chi connectivity index (χ0) is 36.5. The molecule has 0 N–H and O–H groups in total. The quantitative estimate of drug-likeness (QED) is 0.166. The maximum Gasteiger partial charge on any atom is 0.174 e. The monoisotopic (exact) mass is 720 g/mol. The molecule has 10 aromatic rings. The minimum absolute atomic E-state index is 0.781. The molecule has 3 heterocycles. The van der Waals surface area contributed by atoms with E-state index in [2.05, 4.69) is 162 Å². The lowest BCUT2D eigenvalue weighted by molar-refractivity contribution is 0.593. The van der Waals surface area contributed by atoms with Crippen molar-refractivity contribution in [3.63, 3.8) is 0 Å². The van der Waals surface area contributed by atoms with Gasteiger partial charge in [0.25, 0.3) is 0 Å². The van der Waals surface area contributed by atoms with Gasteiger partial charge in [-0.05, 0) is 62.9 Å². The van der Waals surface area contributed by atoms with Gasteiger partial charge in [0.05, 0.1) is 22.0 Å². The fourth-order valence-electron chi connectivity index (χ4n) is 8.67. The van der Waals surface area contributed by atoms with E-state index in [0.29, 0.717) is 0 Å². The first-order valence-electron chi connectivity index (χ1n) is 18.7. The number of hydrogen-bond acceptors (Lipinski definition) is 2. The van der Waals surface area contributed by atoms with E-state index in [1.807, 2.05) is 42.5 Å². The van der Waals surface area contributed by atoms with Crippen LogP contribution in [0.15, 0.2) is 200 Å². The van der Waals surface area contributed by atoms with Gasteiger partial charge in [0.2, 0.25) is 0 Å². The third kappa shape index (κ3) is 4.84. The molecule has 0 saturated carbocycles. The summed E-state index contributed by atoms with van der Waals surface area (Å²) in [7, 11) is -3.38. The van der Waals surface area contributed by atoms with Gasteiger partial charge in [-0.15, -0.1) is 0 Å². The minimum atomic E-state index is -3.38. The van der Waals surface area contributed by atoms with Crippen LogP contribution in [0.1, 0.15) is 0 Å². The molecule has 0 spiro atoms. The molecule has 55 heavy (non-hydrogen) atoms. The lowest BCUT2D eigenvalue weighted by Crippen LogP contribution is -2.22. The summed E-state index contributed by atoms with van der Waals surface area (Å²) < 4.78 is 18.7. The van der Waals surface area contributed by atoms with Crippen LogP contribution in [0.3, 0.4) is 0 Å². The predicted molar refractivity (Wildman–Crippen MR) is 231 cm³/mol. The minimum Gasteiger partial charge on any atom is -0.309 e. The van der Waals surface area contributed by atoms with Gasteiger partial charge in [-0.25, -0.2) is 4.98 Å². The molecule has 1 aliphatic heterocycles. The van der Waals surface area contributed by atoms with Crippen LogP contribution in [0.4, 0.5) is 0 Å². The van der Waals surface area contributed by atoms with Crippen molar-refractivity contribution in [1.29, 1.82) is 0 Å². The first kappa shape index (κ1) is 31.7. The van der Waals surface area contributed by atoms with Crippen molar-refractivity contribution in [3.05, 3.63) is 200 Å². The van der Waals surface area contributed by atoms with Gasteiger partial charge in [0.1, 0.15) is 5.82 Å². The summed E-state index contributed by atoms with van der Waals surface area (Å²) in [6.45, 7) is 0. The molecule has 0 bridgehead atoms. The van der Waals surface area contributed by atoms with Crippen LogP contribution in [0, 0.1) is 0 Å². The van der Waals surface area contributed by atoms with Crippen molar-refractivity contribution >= 4 is 55.6 Å². The highest BCUT2D eigenvalue weighted by Crippen LogP contribution is 2.56. The highest BCUT2D eigenvalue weighted by atomic mass is 31.2. The summed E-state index contributed by atoms with van der Waals surface area (Å²) in [6, 6.07) is 69.7. The molecule has 0 amide bonds. The second-order valence-corrected chi connectivity index (χ2v) is 16.9. The molecule has 258 valence electrons. The number of pyridine rings is 1. The van der Waals surface area contributed by atoms with Gasteiger partial charge >= 0.3 is 0 Å². The van der Waals surface area contributed by atoms with Gasteiger partial charge in [-0.3, -0.25) is 4.57 Å². The normalized spacial score (nSPS) is 14.7. The molecule has 0 radical (unpaired) electrons. The first-order chi connectivity index (χ1) is 27.2. The number of nitrogens with zero attached hydrogens (tertiary/aromatic N) is 2. The number of rotatable bonds is 5. The molecule has 2 aromatic heterocycles. The number of benzene rings is 8. The van der Waals surface area contributed by atoms with Crippen molar-refractivity contribution in [2.45, 2.75) is 0 Å². The van der Waals surface area contributed by atoms with E-state index in [1.54, 1.807) is 0 Å². The molecule has 11 rings (SSSR count). The third-order valence-corrected chi connectivity index (χ3v) is 14.4. The Bertz CT molecular complexity index is 3150. The zero-order valence-corrected chi connectivity index (χ0v) is 30.7. The smallest absolute Gasteiger partial charge is 0.174 e. The fourth-order valence-corrected chi connectivity index (χ4v) is 11.9. The van der Waals surface area contributed by atoms with Crippen molar-refractivity contribution < 1.29 is 4.57 Å². The largest absolute Gasteiger partial charge is 0.309 e. The summed E-state index contributed by atoms with van der Waals surface area (Å²) in [4.78, 5) is 5.46. The van der Waals surface area contributed by atoms with E-state index in [4.69, 9.17) is 4.98 Å². The average Bonchev–Trinajstić information content (AvgIpc) is 3.74. The number of hydrogen-bond donors (Lipinski definition) is 0. The van der Waals surface area contributed by atoms with Crippen LogP contribution < -0.4 is 15.9 Å². The van der Waals surface area contributed by atoms with Gasteiger partial charge in [0.15, 0.2) is 7.14 Å². The molecule has 4 heteroatoms. The molecule has 0 fully saturated rings. The number of para-hydroxylation sites is 1. The van der Waals surface area contributed by atoms with Gasteiger partial charge in [-0.2, -0.15) is 0 Å². The molecular formula is C51H33N2OP. The zero-order valence-electron chi connectivity index (χ0n) is 29.8. The van der Waals surface area contributed by atoms with E-state index in [0.717, 1.165) is 87.8 Å². The Hall–Kier alpha value is -6.80. The first-order valence-corrected chi connectivity index (χ1v) is 20.4. The summed E-state index contributed by atoms with van der Waals surface area (Å²) in [5.74, 6) is 0.781. The molecule has 8 aromatic carbocycles. The summed E-state index contributed by atoms with van der Waals surface area (Å²) in [6.07, 6.45) is 0. The second-order valence-electron chi connectivity index (χ2n) is 14.2. The molecule has 3 nitrogen and oxygen atoms in total. The van der Waals surface area contributed by atoms with E-state index in [-0.39, 0.29) is 0 Å². The van der Waals surface area contributed by atoms with Crippen molar-refractivity contribution in [2.24, 2.45) is 0 Å². The Kier molecular flexibility index (Phi) is 7.14. The summed E-state index contributed by atoms with van der Waals surface area (Å²) in [5, 5.41) is 7.00. The van der Waals surface area contributed by atoms with Crippen molar-refractivity contribution in [3.8, 4) is 50.5 Å². The summed E-state index contributed by atoms with van der Waals surface area (Å²) in [5.41, 5.74) is 10.5. The number of fused-ring (bicyclic) bond motifs is 9. The second kappa shape index (κ2) is 12.4. The molecule has 1 aliphatic rings. The lowest BCUT2D eigenvalue weighted by atomic mass is 9.97. The Balaban J connectivity index is 1.24. The van der Waals surface area contributed by atoms with E-state index in [9.17, 15) is 0 Å². The van der Waals surface area contributed by atoms with Crippen LogP contribution in [-0.4, -0.2) is 9.55 Å². The summed E-state index contributed by atoms with van der Waals surface area (Å²) >= 11 is 0. The van der Waals surface area contributed by atoms with E-state index >= 15 is 4.57 Å². The Morgan fingerprint density at radius 1 is 0.455 bits per heavy atom. The number of aromatic nitrogens is 2. The SMILES string of the molecule is O=P1(c2ccccc2)c2ccc3ccccc3c2-c2ccc3c4ccccc4n(-c4cc(-c5ccc(-c6ccccc6)cc5)cc(-c5ccccc5)n4)c3c21. The van der Waals surface area contributed by atoms with Crippen molar-refractivity contribution in [1.82, 2.24) is 9.55 Å². The third-order valence-electron chi connectivity index (χ3n) is 11.2. The molecule has 0 saturated heterocycles. The van der Waals surface area contributed by atoms with Crippen molar-refractivity contribution in [2.75, 3.05) is 0 Å². The Morgan fingerprint density at radius 2 is 1.05 bits per heavy atom. The highest BCUT2D eigenvalue weighted by Gasteiger charge is 2.43. The van der Waals surface area contributed by atoms with Crippen LogP contribution in [0.5, 0.6) is 0 Å². The Labute approximate surface area is 319 Å². The maximum absolute atomic E-state index is 16.5. The van der Waals surface area contributed by atoms with E-state index in [1.165, 1.54) is 11.1 Å². The van der Waals surface area contributed by atoms with E-state index < -0.39 is 7.14 Å². The average molecular weight is 721 g/mol. The van der Waals surface area contributed by atoms with Crippen LogP contribution >= 0.6 is 7.14 Å². The van der Waals surface area contributed by atoms with Crippen LogP contribution in [-0.2, 0) is 4.57 Å². The molecular weight excluding hydrogens is 688 g/mol. The van der Waals surface area contributed by atoms with Gasteiger partial charge in [-0.1, -0.05) is 176 Å². The predicted octanol–water partition coefficient (Wildman–Crippen LogP) is 12.0. The fraction of sp³-hybridized carbons (Fsp3) is 0. The Morgan fingerprint density at radius 3 is 1.80 bits per heavy atom.